The van der Waals surface area contributed by atoms with E-state index < -0.39 is 24.5 Å². The maximum Gasteiger partial charge on any atom is 0.358 e. The number of fused-ring (bicyclic) bond motifs is 1. The zero-order chi connectivity index (χ0) is 24.1. The molecule has 3 aromatic rings. The van der Waals surface area contributed by atoms with Gasteiger partial charge in [-0.3, -0.25) is 4.79 Å². The van der Waals surface area contributed by atoms with E-state index in [1.807, 2.05) is 30.3 Å². The number of hydrogen-bond donors (Lipinski definition) is 2. The second-order valence-electron chi connectivity index (χ2n) is 8.05. The van der Waals surface area contributed by atoms with Crippen molar-refractivity contribution in [3.63, 3.8) is 0 Å². The second kappa shape index (κ2) is 10.8. The number of ether oxygens (including phenoxy) is 2. The van der Waals surface area contributed by atoms with Gasteiger partial charge in [0.25, 0.3) is 5.91 Å². The molecule has 1 aliphatic rings. The number of methoxy groups -OCH3 is 1. The Morgan fingerprint density at radius 1 is 1.18 bits per heavy atom. The minimum atomic E-state index is -0.688. The number of thiazole rings is 1. The number of carbonyl (C=O) groups is 3. The highest BCUT2D eigenvalue weighted by molar-refractivity contribution is 7.17. The lowest BCUT2D eigenvalue weighted by atomic mass is 9.88. The Balaban J connectivity index is 1.33. The van der Waals surface area contributed by atoms with Crippen LogP contribution in [0.3, 0.4) is 0 Å². The number of carbonyl (C=O) groups excluding carboxylic acids is 3. The summed E-state index contributed by atoms with van der Waals surface area (Å²) in [6, 6.07) is 9.83. The minimum Gasteiger partial charge on any atom is -0.465 e. The van der Waals surface area contributed by atoms with Crippen LogP contribution < -0.4 is 10.6 Å². The van der Waals surface area contributed by atoms with E-state index in [1.54, 1.807) is 5.38 Å². The molecule has 2 heterocycles. The van der Waals surface area contributed by atoms with Crippen molar-refractivity contribution in [3.8, 4) is 0 Å². The van der Waals surface area contributed by atoms with Gasteiger partial charge in [-0.05, 0) is 36.3 Å². The predicted molar refractivity (Wildman–Crippen MR) is 132 cm³/mol. The Kier molecular flexibility index (Phi) is 7.59. The van der Waals surface area contributed by atoms with E-state index in [-0.39, 0.29) is 5.69 Å². The summed E-state index contributed by atoms with van der Waals surface area (Å²) in [4.78, 5) is 42.5. The number of amides is 1. The van der Waals surface area contributed by atoms with Crippen LogP contribution in [0.2, 0.25) is 0 Å². The summed E-state index contributed by atoms with van der Waals surface area (Å²) >= 11 is 2.67. The zero-order valence-corrected chi connectivity index (χ0v) is 20.5. The molecule has 34 heavy (non-hydrogen) atoms. The van der Waals surface area contributed by atoms with Gasteiger partial charge >= 0.3 is 11.9 Å². The van der Waals surface area contributed by atoms with Crippen molar-refractivity contribution in [1.82, 2.24) is 4.98 Å². The summed E-state index contributed by atoms with van der Waals surface area (Å²) in [7, 11) is 1.32. The van der Waals surface area contributed by atoms with Crippen molar-refractivity contribution in [2.75, 3.05) is 24.4 Å². The summed E-state index contributed by atoms with van der Waals surface area (Å²) in [6.07, 6.45) is 2.61. The Labute approximate surface area is 205 Å². The van der Waals surface area contributed by atoms with Gasteiger partial charge in [-0.1, -0.05) is 37.3 Å². The molecule has 1 aromatic carbocycles. The van der Waals surface area contributed by atoms with E-state index in [0.29, 0.717) is 28.2 Å². The maximum absolute atomic E-state index is 12.5. The molecule has 10 heteroatoms. The summed E-state index contributed by atoms with van der Waals surface area (Å²) in [5.41, 5.74) is 2.57. The highest BCUT2D eigenvalue weighted by Crippen LogP contribution is 2.40. The quantitative estimate of drug-likeness (QED) is 0.439. The Bertz CT molecular complexity index is 1190. The predicted octanol–water partition coefficient (Wildman–Crippen LogP) is 4.52. The minimum absolute atomic E-state index is 0.129. The molecule has 2 aromatic heterocycles. The van der Waals surface area contributed by atoms with Crippen molar-refractivity contribution in [1.29, 1.82) is 0 Å². The first-order chi connectivity index (χ1) is 16.4. The van der Waals surface area contributed by atoms with Crippen LogP contribution in [-0.4, -0.2) is 36.5 Å². The molecule has 178 valence electrons. The number of hydrogen-bond acceptors (Lipinski definition) is 9. The van der Waals surface area contributed by atoms with E-state index in [0.717, 1.165) is 35.3 Å². The lowest BCUT2D eigenvalue weighted by molar-refractivity contribution is -0.119. The van der Waals surface area contributed by atoms with Gasteiger partial charge in [-0.15, -0.1) is 22.7 Å². The van der Waals surface area contributed by atoms with Crippen LogP contribution in [-0.2, 0) is 33.7 Å². The summed E-state index contributed by atoms with van der Waals surface area (Å²) in [5.74, 6) is -1.17. The fraction of sp³-hybridized carbons (Fsp3) is 0.333. The fourth-order valence-corrected chi connectivity index (χ4v) is 5.84. The van der Waals surface area contributed by atoms with Gasteiger partial charge in [0.15, 0.2) is 17.4 Å². The van der Waals surface area contributed by atoms with Crippen LogP contribution in [0.5, 0.6) is 0 Å². The summed E-state index contributed by atoms with van der Waals surface area (Å²) in [5, 5.41) is 8.48. The summed E-state index contributed by atoms with van der Waals surface area (Å²) < 4.78 is 10.1. The molecule has 1 unspecified atom stereocenters. The van der Waals surface area contributed by atoms with Crippen LogP contribution in [0.1, 0.15) is 50.2 Å². The van der Waals surface area contributed by atoms with E-state index >= 15 is 0 Å². The SMILES string of the molecule is COC(=O)c1c(NC(=O)COC(=O)c2csc(NCc3ccccc3)n2)sc2c1CCC(C)C2. The van der Waals surface area contributed by atoms with Crippen molar-refractivity contribution in [2.24, 2.45) is 5.92 Å². The normalized spacial score (nSPS) is 14.7. The zero-order valence-electron chi connectivity index (χ0n) is 18.9. The van der Waals surface area contributed by atoms with Crippen LogP contribution in [0.4, 0.5) is 10.1 Å². The lowest BCUT2D eigenvalue weighted by Crippen LogP contribution is -2.22. The van der Waals surface area contributed by atoms with Crippen LogP contribution >= 0.6 is 22.7 Å². The topological polar surface area (TPSA) is 107 Å². The molecule has 0 saturated carbocycles. The molecule has 0 saturated heterocycles. The Morgan fingerprint density at radius 3 is 2.74 bits per heavy atom. The second-order valence-corrected chi connectivity index (χ2v) is 10.0. The largest absolute Gasteiger partial charge is 0.465 e. The number of esters is 2. The molecule has 0 fully saturated rings. The van der Waals surface area contributed by atoms with Gasteiger partial charge in [0.05, 0.1) is 12.7 Å². The van der Waals surface area contributed by atoms with Gasteiger partial charge in [-0.2, -0.15) is 0 Å². The van der Waals surface area contributed by atoms with Gasteiger partial charge in [0, 0.05) is 16.8 Å². The molecule has 0 bridgehead atoms. The van der Waals surface area contributed by atoms with Crippen LogP contribution in [0.25, 0.3) is 0 Å². The van der Waals surface area contributed by atoms with Crippen molar-refractivity contribution in [3.05, 3.63) is 63.0 Å². The first-order valence-electron chi connectivity index (χ1n) is 10.9. The average molecular weight is 500 g/mol. The fourth-order valence-electron chi connectivity index (χ4n) is 3.75. The molecule has 0 spiro atoms. The molecule has 8 nitrogen and oxygen atoms in total. The Hall–Kier alpha value is -3.24. The lowest BCUT2D eigenvalue weighted by Gasteiger charge is -2.18. The average Bonchev–Trinajstić information content (AvgIpc) is 3.45. The molecule has 1 aliphatic carbocycles. The molecule has 0 aliphatic heterocycles. The van der Waals surface area contributed by atoms with Gasteiger partial charge in [-0.25, -0.2) is 14.6 Å². The number of benzene rings is 1. The highest BCUT2D eigenvalue weighted by Gasteiger charge is 2.29. The Morgan fingerprint density at radius 2 is 1.97 bits per heavy atom. The number of rotatable bonds is 8. The standard InChI is InChI=1S/C24H25N3O5S2/c1-14-8-9-16-18(10-14)34-21(20(16)23(30)31-2)27-19(28)12-32-22(29)17-13-33-24(26-17)25-11-15-6-4-3-5-7-15/h3-7,13-14H,8-12H2,1-2H3,(H,25,26)(H,27,28). The highest BCUT2D eigenvalue weighted by atomic mass is 32.1. The number of nitrogens with one attached hydrogen (secondary N) is 2. The van der Waals surface area contributed by atoms with E-state index in [1.165, 1.54) is 29.8 Å². The van der Waals surface area contributed by atoms with E-state index in [2.05, 4.69) is 22.5 Å². The number of thiophene rings is 1. The first-order valence-corrected chi connectivity index (χ1v) is 12.6. The number of nitrogens with zero attached hydrogens (tertiary/aromatic N) is 1. The first kappa shape index (κ1) is 23.9. The monoisotopic (exact) mass is 499 g/mol. The maximum atomic E-state index is 12.5. The van der Waals surface area contributed by atoms with Crippen molar-refractivity contribution < 1.29 is 23.9 Å². The van der Waals surface area contributed by atoms with E-state index in [4.69, 9.17) is 9.47 Å². The van der Waals surface area contributed by atoms with Gasteiger partial charge in [0.1, 0.15) is 5.00 Å². The summed E-state index contributed by atoms with van der Waals surface area (Å²) in [6.45, 7) is 2.26. The molecular formula is C24H25N3O5S2. The molecule has 4 rings (SSSR count). The number of anilines is 2. The van der Waals surface area contributed by atoms with Crippen LogP contribution in [0.15, 0.2) is 35.7 Å². The van der Waals surface area contributed by atoms with Crippen LogP contribution in [0, 0.1) is 5.92 Å². The molecule has 1 atom stereocenters. The van der Waals surface area contributed by atoms with Crippen molar-refractivity contribution >= 4 is 50.7 Å². The van der Waals surface area contributed by atoms with Gasteiger partial charge < -0.3 is 20.1 Å². The molecule has 1 amide bonds. The molecular weight excluding hydrogens is 474 g/mol. The van der Waals surface area contributed by atoms with Crippen molar-refractivity contribution in [2.45, 2.75) is 32.7 Å². The van der Waals surface area contributed by atoms with Gasteiger partial charge in [0.2, 0.25) is 0 Å². The molecule has 2 N–H and O–H groups in total. The van der Waals surface area contributed by atoms with E-state index in [9.17, 15) is 14.4 Å². The smallest absolute Gasteiger partial charge is 0.358 e. The third-order valence-corrected chi connectivity index (χ3v) is 7.46. The molecule has 0 radical (unpaired) electrons. The number of aromatic nitrogens is 1. The third kappa shape index (κ3) is 5.63. The third-order valence-electron chi connectivity index (χ3n) is 5.49.